The lowest BCUT2D eigenvalue weighted by Gasteiger charge is -2.46. The maximum atomic E-state index is 13.0. The van der Waals surface area contributed by atoms with Crippen LogP contribution in [-0.4, -0.2) is 75.1 Å². The molecule has 0 aromatic heterocycles. The number of morpholine rings is 1. The third-order valence-corrected chi connectivity index (χ3v) is 8.54. The molecule has 1 aromatic rings. The lowest BCUT2D eigenvalue weighted by Crippen LogP contribution is -2.63. The average Bonchev–Trinajstić information content (AvgIpc) is 3.34. The van der Waals surface area contributed by atoms with Crippen molar-refractivity contribution in [3.05, 3.63) is 29.3 Å². The average molecular weight is 421 g/mol. The van der Waals surface area contributed by atoms with Crippen LogP contribution in [0.2, 0.25) is 0 Å². The summed E-state index contributed by atoms with van der Waals surface area (Å²) >= 11 is 0. The fourth-order valence-corrected chi connectivity index (χ4v) is 6.74. The van der Waals surface area contributed by atoms with Gasteiger partial charge >= 0.3 is 0 Å². The molecule has 3 heterocycles. The Morgan fingerprint density at radius 3 is 2.69 bits per heavy atom. The summed E-state index contributed by atoms with van der Waals surface area (Å²) in [6.45, 7) is 3.82. The molecule has 3 fully saturated rings. The second kappa shape index (κ2) is 7.34. The topological polar surface area (TPSA) is 76.2 Å². The van der Waals surface area contributed by atoms with Gasteiger partial charge in [0.1, 0.15) is 0 Å². The summed E-state index contributed by atoms with van der Waals surface area (Å²) in [6, 6.07) is 5.55. The molecular weight excluding hydrogens is 392 g/mol. The summed E-state index contributed by atoms with van der Waals surface area (Å²) in [5.74, 6) is 0.316. The molecule has 8 heteroatoms. The maximum Gasteiger partial charge on any atom is 0.243 e. The summed E-state index contributed by atoms with van der Waals surface area (Å²) in [4.78, 5) is 14.7. The molecule has 1 aromatic carbocycles. The van der Waals surface area contributed by atoms with Crippen molar-refractivity contribution in [2.24, 2.45) is 5.92 Å². The van der Waals surface area contributed by atoms with E-state index in [2.05, 4.69) is 0 Å². The van der Waals surface area contributed by atoms with Gasteiger partial charge in [0.2, 0.25) is 15.9 Å². The number of hydrogen-bond acceptors (Lipinski definition) is 5. The highest BCUT2D eigenvalue weighted by Gasteiger charge is 2.53. The fourth-order valence-electron chi connectivity index (χ4n) is 5.10. The summed E-state index contributed by atoms with van der Waals surface area (Å²) < 4.78 is 38.9. The largest absolute Gasteiger partial charge is 0.378 e. The minimum atomic E-state index is -3.48. The van der Waals surface area contributed by atoms with Crippen molar-refractivity contribution < 1.29 is 22.7 Å². The van der Waals surface area contributed by atoms with Crippen LogP contribution in [0.15, 0.2) is 23.1 Å². The number of carbonyl (C=O) groups is 1. The van der Waals surface area contributed by atoms with Gasteiger partial charge in [-0.15, -0.1) is 0 Å². The van der Waals surface area contributed by atoms with Crippen molar-refractivity contribution in [2.45, 2.75) is 42.6 Å². The van der Waals surface area contributed by atoms with Gasteiger partial charge in [0.15, 0.2) is 0 Å². The molecule has 1 spiro atoms. The Balaban J connectivity index is 1.19. The normalized spacial score (nSPS) is 26.5. The number of sulfonamides is 1. The van der Waals surface area contributed by atoms with E-state index in [0.717, 1.165) is 25.7 Å². The number of amides is 1. The van der Waals surface area contributed by atoms with Crippen molar-refractivity contribution in [3.63, 3.8) is 0 Å². The highest BCUT2D eigenvalue weighted by Crippen LogP contribution is 2.41. The van der Waals surface area contributed by atoms with Crippen LogP contribution >= 0.6 is 0 Å². The zero-order valence-electron chi connectivity index (χ0n) is 16.6. The van der Waals surface area contributed by atoms with Gasteiger partial charge in [0.05, 0.1) is 30.3 Å². The lowest BCUT2D eigenvalue weighted by molar-refractivity contribution is -0.136. The van der Waals surface area contributed by atoms with Gasteiger partial charge in [0.25, 0.3) is 0 Å². The lowest BCUT2D eigenvalue weighted by atomic mass is 9.87. The Bertz CT molecular complexity index is 904. The van der Waals surface area contributed by atoms with Crippen LogP contribution in [0.5, 0.6) is 0 Å². The van der Waals surface area contributed by atoms with E-state index < -0.39 is 15.6 Å². The van der Waals surface area contributed by atoms with Crippen LogP contribution in [0, 0.1) is 5.92 Å². The van der Waals surface area contributed by atoms with E-state index in [4.69, 9.17) is 9.47 Å². The molecule has 7 nitrogen and oxygen atoms in total. The van der Waals surface area contributed by atoms with Gasteiger partial charge < -0.3 is 14.4 Å². The SMILES string of the molecule is O=C(CC1COC2(C1)CN(S(=O)(=O)c1ccc3c(c1)CCC3)C2)N1CCOCC1. The minimum Gasteiger partial charge on any atom is -0.378 e. The van der Waals surface area contributed by atoms with E-state index >= 15 is 0 Å². The van der Waals surface area contributed by atoms with Gasteiger partial charge in [-0.3, -0.25) is 4.79 Å². The number of hydrogen-bond donors (Lipinski definition) is 0. The molecule has 5 rings (SSSR count). The van der Waals surface area contributed by atoms with Crippen LogP contribution in [0.25, 0.3) is 0 Å². The summed E-state index contributed by atoms with van der Waals surface area (Å²) in [7, 11) is -3.48. The highest BCUT2D eigenvalue weighted by atomic mass is 32.2. The van der Waals surface area contributed by atoms with Crippen molar-refractivity contribution in [1.82, 2.24) is 9.21 Å². The second-order valence-corrected chi connectivity index (χ2v) is 10.8. The Kier molecular flexibility index (Phi) is 4.93. The van der Waals surface area contributed by atoms with E-state index in [1.807, 2.05) is 17.0 Å². The van der Waals surface area contributed by atoms with Gasteiger partial charge in [-0.1, -0.05) is 6.07 Å². The van der Waals surface area contributed by atoms with Crippen LogP contribution < -0.4 is 0 Å². The number of rotatable bonds is 4. The summed E-state index contributed by atoms with van der Waals surface area (Å²) in [5.41, 5.74) is 2.02. The first-order chi connectivity index (χ1) is 14.0. The smallest absolute Gasteiger partial charge is 0.243 e. The third kappa shape index (κ3) is 3.60. The Labute approximate surface area is 172 Å². The van der Waals surface area contributed by atoms with Crippen molar-refractivity contribution in [2.75, 3.05) is 46.0 Å². The molecule has 1 atom stereocenters. The van der Waals surface area contributed by atoms with Crippen LogP contribution in [0.3, 0.4) is 0 Å². The summed E-state index contributed by atoms with van der Waals surface area (Å²) in [6.07, 6.45) is 4.33. The number of benzene rings is 1. The van der Waals surface area contributed by atoms with Gasteiger partial charge in [0, 0.05) is 32.6 Å². The minimum absolute atomic E-state index is 0.154. The van der Waals surface area contributed by atoms with Crippen molar-refractivity contribution >= 4 is 15.9 Å². The van der Waals surface area contributed by atoms with E-state index in [-0.39, 0.29) is 11.8 Å². The number of nitrogens with zero attached hydrogens (tertiary/aromatic N) is 2. The monoisotopic (exact) mass is 420 g/mol. The Hall–Kier alpha value is -1.48. The zero-order valence-corrected chi connectivity index (χ0v) is 17.5. The number of ether oxygens (including phenoxy) is 2. The molecular formula is C21H28N2O5S. The first kappa shape index (κ1) is 19.5. The van der Waals surface area contributed by atoms with E-state index in [0.29, 0.717) is 57.3 Å². The molecule has 158 valence electrons. The van der Waals surface area contributed by atoms with Crippen molar-refractivity contribution in [1.29, 1.82) is 0 Å². The molecule has 29 heavy (non-hydrogen) atoms. The first-order valence-corrected chi connectivity index (χ1v) is 12.0. The first-order valence-electron chi connectivity index (χ1n) is 10.6. The van der Waals surface area contributed by atoms with Crippen LogP contribution in [0.4, 0.5) is 0 Å². The van der Waals surface area contributed by atoms with E-state index in [1.165, 1.54) is 15.4 Å². The molecule has 0 saturated carbocycles. The molecule has 0 radical (unpaired) electrons. The van der Waals surface area contributed by atoms with E-state index in [9.17, 15) is 13.2 Å². The van der Waals surface area contributed by atoms with Crippen LogP contribution in [-0.2, 0) is 37.1 Å². The number of carbonyl (C=O) groups excluding carboxylic acids is 1. The molecule has 0 bridgehead atoms. The summed E-state index contributed by atoms with van der Waals surface area (Å²) in [5, 5.41) is 0. The molecule has 3 saturated heterocycles. The molecule has 1 aliphatic carbocycles. The van der Waals surface area contributed by atoms with Gasteiger partial charge in [-0.25, -0.2) is 8.42 Å². The Morgan fingerprint density at radius 1 is 1.14 bits per heavy atom. The Morgan fingerprint density at radius 2 is 1.90 bits per heavy atom. The zero-order chi connectivity index (χ0) is 20.1. The molecule has 1 unspecified atom stereocenters. The standard InChI is InChI=1S/C21H28N2O5S/c24-20(22-6-8-27-9-7-22)10-16-12-21(28-13-16)14-23(15-21)29(25,26)19-5-4-17-2-1-3-18(17)11-19/h4-5,11,16H,1-3,6-10,12-15H2. The molecule has 1 amide bonds. The third-order valence-electron chi connectivity index (χ3n) is 6.75. The second-order valence-electron chi connectivity index (χ2n) is 8.82. The molecule has 4 aliphatic rings. The quantitative estimate of drug-likeness (QED) is 0.732. The predicted octanol–water partition coefficient (Wildman–Crippen LogP) is 1.20. The van der Waals surface area contributed by atoms with Gasteiger partial charge in [-0.05, 0) is 54.9 Å². The maximum absolute atomic E-state index is 13.0. The number of fused-ring (bicyclic) bond motifs is 1. The van der Waals surface area contributed by atoms with Gasteiger partial charge in [-0.2, -0.15) is 4.31 Å². The predicted molar refractivity (Wildman–Crippen MR) is 106 cm³/mol. The van der Waals surface area contributed by atoms with Crippen LogP contribution in [0.1, 0.15) is 30.4 Å². The fraction of sp³-hybridized carbons (Fsp3) is 0.667. The molecule has 3 aliphatic heterocycles. The molecule has 0 N–H and O–H groups in total. The highest BCUT2D eigenvalue weighted by molar-refractivity contribution is 7.89. The van der Waals surface area contributed by atoms with E-state index in [1.54, 1.807) is 6.07 Å². The number of aryl methyl sites for hydroxylation is 2. The van der Waals surface area contributed by atoms with Crippen molar-refractivity contribution in [3.8, 4) is 0 Å².